The smallest absolute Gasteiger partial charge is 0.0105 e. The van der Waals surface area contributed by atoms with E-state index in [2.05, 4.69) is 75.4 Å². The summed E-state index contributed by atoms with van der Waals surface area (Å²) in [5, 5.41) is 2.93. The SMILES string of the molecule is CC(C)(C)c1c(-c2ccccc2)c2c(c3ccccc13)CCCC2. The molecule has 0 aliphatic heterocycles. The fraction of sp³-hybridized carbons (Fsp3) is 0.333. The minimum atomic E-state index is 0.122. The first-order chi connectivity index (χ1) is 11.6. The van der Waals surface area contributed by atoms with Gasteiger partial charge in [0, 0.05) is 0 Å². The van der Waals surface area contributed by atoms with E-state index in [1.807, 2.05) is 0 Å². The Morgan fingerprint density at radius 2 is 1.25 bits per heavy atom. The van der Waals surface area contributed by atoms with Crippen molar-refractivity contribution in [2.75, 3.05) is 0 Å². The molecule has 3 aromatic carbocycles. The average molecular weight is 314 g/mol. The molecule has 0 aromatic heterocycles. The van der Waals surface area contributed by atoms with Crippen LogP contribution in [0.2, 0.25) is 0 Å². The molecule has 0 amide bonds. The second-order valence-corrected chi connectivity index (χ2v) is 8.08. The van der Waals surface area contributed by atoms with Crippen molar-refractivity contribution in [1.82, 2.24) is 0 Å². The lowest BCUT2D eigenvalue weighted by Crippen LogP contribution is -2.17. The number of rotatable bonds is 1. The first-order valence-electron chi connectivity index (χ1n) is 9.20. The van der Waals surface area contributed by atoms with Crippen molar-refractivity contribution in [3.05, 3.63) is 71.3 Å². The summed E-state index contributed by atoms with van der Waals surface area (Å²) in [5.41, 5.74) is 7.74. The van der Waals surface area contributed by atoms with Crippen LogP contribution in [0.3, 0.4) is 0 Å². The molecule has 3 aromatic rings. The van der Waals surface area contributed by atoms with Crippen LogP contribution in [0, 0.1) is 0 Å². The zero-order valence-corrected chi connectivity index (χ0v) is 15.0. The first-order valence-corrected chi connectivity index (χ1v) is 9.20. The molecule has 0 spiro atoms. The minimum Gasteiger partial charge on any atom is -0.0622 e. The quantitative estimate of drug-likeness (QED) is 0.470. The van der Waals surface area contributed by atoms with Crippen molar-refractivity contribution in [2.24, 2.45) is 0 Å². The van der Waals surface area contributed by atoms with E-state index in [1.54, 1.807) is 11.1 Å². The van der Waals surface area contributed by atoms with Crippen LogP contribution >= 0.6 is 0 Å². The molecule has 0 saturated heterocycles. The molecule has 24 heavy (non-hydrogen) atoms. The molecule has 4 rings (SSSR count). The predicted molar refractivity (Wildman–Crippen MR) is 105 cm³/mol. The van der Waals surface area contributed by atoms with Crippen molar-refractivity contribution < 1.29 is 0 Å². The zero-order chi connectivity index (χ0) is 16.7. The molecule has 1 aliphatic rings. The molecule has 0 heteroatoms. The van der Waals surface area contributed by atoms with Gasteiger partial charge in [0.05, 0.1) is 0 Å². The van der Waals surface area contributed by atoms with Gasteiger partial charge in [-0.2, -0.15) is 0 Å². The van der Waals surface area contributed by atoms with Gasteiger partial charge in [0.1, 0.15) is 0 Å². The summed E-state index contributed by atoms with van der Waals surface area (Å²) in [6, 6.07) is 20.1. The lowest BCUT2D eigenvalue weighted by molar-refractivity contribution is 0.594. The lowest BCUT2D eigenvalue weighted by Gasteiger charge is -2.31. The highest BCUT2D eigenvalue weighted by Crippen LogP contribution is 2.45. The molecule has 122 valence electrons. The van der Waals surface area contributed by atoms with Gasteiger partial charge in [-0.25, -0.2) is 0 Å². The highest BCUT2D eigenvalue weighted by Gasteiger charge is 2.27. The first kappa shape index (κ1) is 15.4. The summed E-state index contributed by atoms with van der Waals surface area (Å²) >= 11 is 0. The second-order valence-electron chi connectivity index (χ2n) is 8.08. The Bertz CT molecular complexity index is 879. The highest BCUT2D eigenvalue weighted by molar-refractivity contribution is 5.97. The van der Waals surface area contributed by atoms with Gasteiger partial charge in [0.15, 0.2) is 0 Å². The van der Waals surface area contributed by atoms with Gasteiger partial charge in [0.2, 0.25) is 0 Å². The molecule has 0 heterocycles. The topological polar surface area (TPSA) is 0 Å². The predicted octanol–water partition coefficient (Wildman–Crippen LogP) is 6.68. The van der Waals surface area contributed by atoms with Gasteiger partial charge >= 0.3 is 0 Å². The lowest BCUT2D eigenvalue weighted by atomic mass is 9.73. The minimum absolute atomic E-state index is 0.122. The van der Waals surface area contributed by atoms with Gasteiger partial charge in [-0.05, 0) is 69.7 Å². The van der Waals surface area contributed by atoms with E-state index in [-0.39, 0.29) is 5.41 Å². The standard InChI is InChI=1S/C24H26/c1-24(2,3)23-21-16-10-8-14-19(21)18-13-7-9-15-20(18)22(23)17-11-5-4-6-12-17/h4-6,8,10-12,14,16H,7,9,13,15H2,1-3H3. The Hall–Kier alpha value is -2.08. The molecule has 0 radical (unpaired) electrons. The van der Waals surface area contributed by atoms with Crippen LogP contribution in [0.5, 0.6) is 0 Å². The third-order valence-electron chi connectivity index (χ3n) is 5.35. The molecule has 0 saturated carbocycles. The monoisotopic (exact) mass is 314 g/mol. The molecule has 0 bridgehead atoms. The molecule has 0 atom stereocenters. The zero-order valence-electron chi connectivity index (χ0n) is 15.0. The van der Waals surface area contributed by atoms with Crippen LogP contribution in [0.4, 0.5) is 0 Å². The molecule has 0 unspecified atom stereocenters. The molecular formula is C24H26. The van der Waals surface area contributed by atoms with Crippen LogP contribution in [0.15, 0.2) is 54.6 Å². The summed E-state index contributed by atoms with van der Waals surface area (Å²) < 4.78 is 0. The maximum atomic E-state index is 2.36. The Balaban J connectivity index is 2.20. The normalized spacial score (nSPS) is 14.6. The van der Waals surface area contributed by atoms with Crippen LogP contribution in [0.25, 0.3) is 21.9 Å². The van der Waals surface area contributed by atoms with Crippen LogP contribution in [-0.4, -0.2) is 0 Å². The van der Waals surface area contributed by atoms with Crippen molar-refractivity contribution in [3.8, 4) is 11.1 Å². The average Bonchev–Trinajstić information content (AvgIpc) is 2.60. The fourth-order valence-electron chi connectivity index (χ4n) is 4.43. The number of aryl methyl sites for hydroxylation is 1. The number of benzene rings is 3. The van der Waals surface area contributed by atoms with E-state index in [4.69, 9.17) is 0 Å². The van der Waals surface area contributed by atoms with Gasteiger partial charge < -0.3 is 0 Å². The van der Waals surface area contributed by atoms with Crippen LogP contribution < -0.4 is 0 Å². The van der Waals surface area contributed by atoms with Gasteiger partial charge in [-0.15, -0.1) is 0 Å². The Labute approximate surface area is 145 Å². The van der Waals surface area contributed by atoms with Crippen molar-refractivity contribution >= 4 is 10.8 Å². The number of hydrogen-bond donors (Lipinski definition) is 0. The van der Waals surface area contributed by atoms with Crippen LogP contribution in [0.1, 0.15) is 50.3 Å². The third-order valence-corrected chi connectivity index (χ3v) is 5.35. The van der Waals surface area contributed by atoms with E-state index in [0.717, 1.165) is 0 Å². The van der Waals surface area contributed by atoms with E-state index >= 15 is 0 Å². The summed E-state index contributed by atoms with van der Waals surface area (Å²) in [6.45, 7) is 7.07. The molecule has 0 fully saturated rings. The Kier molecular flexibility index (Phi) is 3.72. The van der Waals surface area contributed by atoms with Crippen molar-refractivity contribution in [3.63, 3.8) is 0 Å². The Morgan fingerprint density at radius 3 is 1.92 bits per heavy atom. The largest absolute Gasteiger partial charge is 0.0622 e. The molecule has 0 nitrogen and oxygen atoms in total. The summed E-state index contributed by atoms with van der Waals surface area (Å²) in [5.74, 6) is 0. The summed E-state index contributed by atoms with van der Waals surface area (Å²) in [6.07, 6.45) is 5.07. The van der Waals surface area contributed by atoms with Gasteiger partial charge in [0.25, 0.3) is 0 Å². The van der Waals surface area contributed by atoms with Gasteiger partial charge in [-0.3, -0.25) is 0 Å². The Morgan fingerprint density at radius 1 is 0.667 bits per heavy atom. The van der Waals surface area contributed by atoms with E-state index in [0.29, 0.717) is 0 Å². The van der Waals surface area contributed by atoms with Crippen LogP contribution in [-0.2, 0) is 18.3 Å². The van der Waals surface area contributed by atoms with Crippen molar-refractivity contribution in [2.45, 2.75) is 51.9 Å². The molecular weight excluding hydrogens is 288 g/mol. The highest BCUT2D eigenvalue weighted by atomic mass is 14.3. The molecule has 1 aliphatic carbocycles. The van der Waals surface area contributed by atoms with E-state index in [1.165, 1.54) is 53.1 Å². The fourth-order valence-corrected chi connectivity index (χ4v) is 4.43. The summed E-state index contributed by atoms with van der Waals surface area (Å²) in [4.78, 5) is 0. The molecule has 0 N–H and O–H groups in total. The number of hydrogen-bond acceptors (Lipinski definition) is 0. The van der Waals surface area contributed by atoms with E-state index < -0.39 is 0 Å². The van der Waals surface area contributed by atoms with Crippen molar-refractivity contribution in [1.29, 1.82) is 0 Å². The second kappa shape index (κ2) is 5.77. The third kappa shape index (κ3) is 2.45. The maximum absolute atomic E-state index is 2.36. The number of fused-ring (bicyclic) bond motifs is 3. The maximum Gasteiger partial charge on any atom is -0.0105 e. The van der Waals surface area contributed by atoms with E-state index in [9.17, 15) is 0 Å². The summed E-state index contributed by atoms with van der Waals surface area (Å²) in [7, 11) is 0. The van der Waals surface area contributed by atoms with Gasteiger partial charge in [-0.1, -0.05) is 75.4 Å².